The predicted molar refractivity (Wildman–Crippen MR) is 111 cm³/mol. The smallest absolute Gasteiger partial charge is 0.265 e. The van der Waals surface area contributed by atoms with Gasteiger partial charge in [-0.3, -0.25) is 4.31 Å². The zero-order valence-electron chi connectivity index (χ0n) is 16.0. The number of fused-ring (bicyclic) bond motifs is 1. The van der Waals surface area contributed by atoms with Gasteiger partial charge in [0, 0.05) is 32.4 Å². The normalized spacial score (nSPS) is 17.6. The van der Waals surface area contributed by atoms with Crippen molar-refractivity contribution in [2.24, 2.45) is 0 Å². The zero-order valence-corrected chi connectivity index (χ0v) is 17.7. The Balaban J connectivity index is 1.81. The average Bonchev–Trinajstić information content (AvgIpc) is 2.73. The van der Waals surface area contributed by atoms with Gasteiger partial charge in [0.1, 0.15) is 11.5 Å². The maximum atomic E-state index is 13.5. The topological polar surface area (TPSA) is 96.0 Å². The van der Waals surface area contributed by atoms with Crippen LogP contribution in [0.4, 0.5) is 11.4 Å². The van der Waals surface area contributed by atoms with Crippen molar-refractivity contribution in [2.45, 2.75) is 9.79 Å². The molecule has 0 spiro atoms. The number of sulfone groups is 1. The van der Waals surface area contributed by atoms with Crippen molar-refractivity contribution in [3.8, 4) is 5.75 Å². The van der Waals surface area contributed by atoms with Crippen LogP contribution in [-0.4, -0.2) is 62.4 Å². The Morgan fingerprint density at radius 2 is 1.52 bits per heavy atom. The van der Waals surface area contributed by atoms with Gasteiger partial charge < -0.3 is 15.0 Å². The van der Waals surface area contributed by atoms with Crippen LogP contribution in [0.1, 0.15) is 0 Å². The first-order chi connectivity index (χ1) is 13.8. The molecule has 8 nitrogen and oxygen atoms in total. The van der Waals surface area contributed by atoms with Gasteiger partial charge >= 0.3 is 0 Å². The van der Waals surface area contributed by atoms with E-state index in [4.69, 9.17) is 4.74 Å². The van der Waals surface area contributed by atoms with E-state index >= 15 is 0 Å². The van der Waals surface area contributed by atoms with Crippen molar-refractivity contribution < 1.29 is 21.6 Å². The summed E-state index contributed by atoms with van der Waals surface area (Å²) in [7, 11) is -7.80. The molecule has 2 aromatic rings. The summed E-state index contributed by atoms with van der Waals surface area (Å²) in [5.74, 6) is 0.515. The van der Waals surface area contributed by atoms with E-state index in [9.17, 15) is 16.8 Å². The van der Waals surface area contributed by atoms with E-state index in [1.807, 2.05) is 6.07 Å². The van der Waals surface area contributed by atoms with Gasteiger partial charge in [-0.05, 0) is 24.3 Å². The number of sulfonamides is 1. The number of rotatable bonds is 4. The van der Waals surface area contributed by atoms with Crippen molar-refractivity contribution in [3.63, 3.8) is 0 Å². The van der Waals surface area contributed by atoms with E-state index in [1.54, 1.807) is 12.1 Å². The Kier molecular flexibility index (Phi) is 5.18. The second-order valence-electron chi connectivity index (χ2n) is 7.01. The highest BCUT2D eigenvalue weighted by Crippen LogP contribution is 2.43. The summed E-state index contributed by atoms with van der Waals surface area (Å²) in [5.41, 5.74) is 1.27. The summed E-state index contributed by atoms with van der Waals surface area (Å²) in [5, 5.41) is 3.29. The lowest BCUT2D eigenvalue weighted by Crippen LogP contribution is -2.44. The Labute approximate surface area is 171 Å². The Bertz CT molecular complexity index is 1130. The highest BCUT2D eigenvalue weighted by molar-refractivity contribution is 7.95. The van der Waals surface area contributed by atoms with Crippen LogP contribution in [0.3, 0.4) is 0 Å². The Morgan fingerprint density at radius 1 is 0.862 bits per heavy atom. The number of nitrogens with zero attached hydrogens (tertiary/aromatic N) is 2. The molecule has 2 aliphatic rings. The molecular formula is C19H23N3O5S2. The average molecular weight is 438 g/mol. The molecule has 4 rings (SSSR count). The molecule has 2 aliphatic heterocycles. The fraction of sp³-hybridized carbons (Fsp3) is 0.368. The largest absolute Gasteiger partial charge is 0.487 e. The van der Waals surface area contributed by atoms with E-state index in [0.29, 0.717) is 11.4 Å². The molecule has 2 aromatic carbocycles. The summed E-state index contributed by atoms with van der Waals surface area (Å²) in [4.78, 5) is 1.74. The van der Waals surface area contributed by atoms with Crippen molar-refractivity contribution in [1.82, 2.24) is 5.32 Å². The summed E-state index contributed by atoms with van der Waals surface area (Å²) in [6.07, 6.45) is 1.01. The van der Waals surface area contributed by atoms with E-state index in [-0.39, 0.29) is 22.9 Å². The van der Waals surface area contributed by atoms with E-state index < -0.39 is 19.9 Å². The van der Waals surface area contributed by atoms with Crippen LogP contribution in [-0.2, 0) is 19.9 Å². The SMILES string of the molecule is CS(=O)(=O)c1ccccc1S(=O)(=O)N1CCOc2c(N3CCNCC3)cccc21. The molecule has 29 heavy (non-hydrogen) atoms. The number of hydrogen-bond donors (Lipinski definition) is 1. The standard InChI is InChI=1S/C19H23N3O5S2/c1-28(23,24)17-7-2-3-8-18(17)29(25,26)22-13-14-27-19-15(5-4-6-16(19)22)21-11-9-20-10-12-21/h2-8,20H,9-14H2,1H3. The highest BCUT2D eigenvalue weighted by Gasteiger charge is 2.35. The van der Waals surface area contributed by atoms with Gasteiger partial charge in [-0.15, -0.1) is 0 Å². The molecule has 10 heteroatoms. The minimum absolute atomic E-state index is 0.110. The maximum absolute atomic E-state index is 13.5. The number of anilines is 2. The molecule has 0 unspecified atom stereocenters. The fourth-order valence-electron chi connectivity index (χ4n) is 3.70. The zero-order chi connectivity index (χ0) is 20.6. The van der Waals surface area contributed by atoms with Gasteiger partial charge in [0.15, 0.2) is 15.6 Å². The molecule has 0 radical (unpaired) electrons. The van der Waals surface area contributed by atoms with Gasteiger partial charge in [0.2, 0.25) is 0 Å². The first-order valence-electron chi connectivity index (χ1n) is 9.33. The van der Waals surface area contributed by atoms with Crippen molar-refractivity contribution in [3.05, 3.63) is 42.5 Å². The lowest BCUT2D eigenvalue weighted by Gasteiger charge is -2.36. The van der Waals surface area contributed by atoms with Crippen LogP contribution < -0.4 is 19.3 Å². The van der Waals surface area contributed by atoms with Crippen molar-refractivity contribution in [1.29, 1.82) is 0 Å². The number of piperazine rings is 1. The van der Waals surface area contributed by atoms with Crippen LogP contribution >= 0.6 is 0 Å². The summed E-state index contributed by atoms with van der Waals surface area (Å²) in [6, 6.07) is 11.1. The molecule has 0 amide bonds. The van der Waals surface area contributed by atoms with Crippen LogP contribution in [0.15, 0.2) is 52.3 Å². The van der Waals surface area contributed by atoms with Crippen molar-refractivity contribution in [2.75, 3.05) is 54.8 Å². The van der Waals surface area contributed by atoms with Gasteiger partial charge in [-0.2, -0.15) is 0 Å². The summed E-state index contributed by atoms with van der Waals surface area (Å²) >= 11 is 0. The Morgan fingerprint density at radius 3 is 2.21 bits per heavy atom. The van der Waals surface area contributed by atoms with Crippen LogP contribution in [0.2, 0.25) is 0 Å². The van der Waals surface area contributed by atoms with E-state index in [0.717, 1.165) is 38.1 Å². The molecule has 0 bridgehead atoms. The molecule has 2 heterocycles. The lowest BCUT2D eigenvalue weighted by atomic mass is 10.2. The monoisotopic (exact) mass is 437 g/mol. The van der Waals surface area contributed by atoms with Crippen LogP contribution in [0, 0.1) is 0 Å². The van der Waals surface area contributed by atoms with Gasteiger partial charge in [0.05, 0.1) is 22.8 Å². The fourth-order valence-corrected chi connectivity index (χ4v) is 6.76. The summed E-state index contributed by atoms with van der Waals surface area (Å²) < 4.78 is 58.4. The minimum atomic E-state index is -4.09. The van der Waals surface area contributed by atoms with Crippen molar-refractivity contribution >= 4 is 31.2 Å². The third-order valence-electron chi connectivity index (χ3n) is 5.06. The van der Waals surface area contributed by atoms with E-state index in [1.165, 1.54) is 28.6 Å². The molecule has 1 saturated heterocycles. The number of para-hydroxylation sites is 1. The molecule has 0 aromatic heterocycles. The molecule has 1 N–H and O–H groups in total. The lowest BCUT2D eigenvalue weighted by molar-refractivity contribution is 0.315. The number of benzene rings is 2. The van der Waals surface area contributed by atoms with Gasteiger partial charge in [-0.25, -0.2) is 16.8 Å². The maximum Gasteiger partial charge on any atom is 0.265 e. The second-order valence-corrected chi connectivity index (χ2v) is 10.8. The predicted octanol–water partition coefficient (Wildman–Crippen LogP) is 1.09. The third-order valence-corrected chi connectivity index (χ3v) is 8.21. The third kappa shape index (κ3) is 3.67. The minimum Gasteiger partial charge on any atom is -0.487 e. The molecular weight excluding hydrogens is 414 g/mol. The molecule has 0 saturated carbocycles. The first kappa shape index (κ1) is 20.0. The summed E-state index contributed by atoms with van der Waals surface area (Å²) in [6.45, 7) is 3.57. The number of ether oxygens (including phenoxy) is 1. The molecule has 1 fully saturated rings. The van der Waals surface area contributed by atoms with Gasteiger partial charge in [-0.1, -0.05) is 18.2 Å². The van der Waals surface area contributed by atoms with Crippen LogP contribution in [0.5, 0.6) is 5.75 Å². The second kappa shape index (κ2) is 7.51. The first-order valence-corrected chi connectivity index (χ1v) is 12.7. The highest BCUT2D eigenvalue weighted by atomic mass is 32.2. The van der Waals surface area contributed by atoms with Gasteiger partial charge in [0.25, 0.3) is 10.0 Å². The number of nitrogens with one attached hydrogen (secondary N) is 1. The van der Waals surface area contributed by atoms with Crippen LogP contribution in [0.25, 0.3) is 0 Å². The number of hydrogen-bond acceptors (Lipinski definition) is 7. The van der Waals surface area contributed by atoms with E-state index in [2.05, 4.69) is 10.2 Å². The quantitative estimate of drug-likeness (QED) is 0.765. The Hall–Kier alpha value is -2.30. The molecule has 156 valence electrons. The molecule has 0 aliphatic carbocycles. The molecule has 0 atom stereocenters.